The lowest BCUT2D eigenvalue weighted by atomic mass is 10.2. The first kappa shape index (κ1) is 18.3. The van der Waals surface area contributed by atoms with Crippen LogP contribution in [0.1, 0.15) is 34.6 Å². The number of ether oxygens (including phenoxy) is 1. The number of carbonyl (C=O) groups is 1. The first-order valence-electron chi connectivity index (χ1n) is 6.72. The number of hydrogen-bond acceptors (Lipinski definition) is 4. The zero-order chi connectivity index (χ0) is 15.3. The quantitative estimate of drug-likeness (QED) is 0.464. The van der Waals surface area contributed by atoms with Gasteiger partial charge >= 0.3 is 5.97 Å². The van der Waals surface area contributed by atoms with Crippen molar-refractivity contribution in [2.75, 3.05) is 6.61 Å². The lowest BCUT2D eigenvalue weighted by Crippen LogP contribution is -2.48. The summed E-state index contributed by atoms with van der Waals surface area (Å²) in [4.78, 5) is 11.6. The largest absolute Gasteiger partial charge is 0.464 e. The highest BCUT2D eigenvalue weighted by Crippen LogP contribution is 2.37. The Labute approximate surface area is 117 Å². The maximum atomic E-state index is 11.6. The Morgan fingerprint density at radius 2 is 1.89 bits per heavy atom. The maximum absolute atomic E-state index is 11.6. The monoisotopic (exact) mass is 288 g/mol. The fourth-order valence-electron chi connectivity index (χ4n) is 1.28. The summed E-state index contributed by atoms with van der Waals surface area (Å²) in [6, 6.07) is 0. The molecule has 1 N–H and O–H groups in total. The third-order valence-corrected chi connectivity index (χ3v) is 7.93. The van der Waals surface area contributed by atoms with Gasteiger partial charge < -0.3 is 14.3 Å². The number of rotatable bonds is 6. The highest BCUT2D eigenvalue weighted by atomic mass is 28.4. The fourth-order valence-corrected chi connectivity index (χ4v) is 2.52. The lowest BCUT2D eigenvalue weighted by molar-refractivity contribution is -0.156. The second-order valence-electron chi connectivity index (χ2n) is 6.07. The molecular formula is C14H28O4Si. The van der Waals surface area contributed by atoms with E-state index in [1.165, 1.54) is 0 Å². The molecule has 2 atom stereocenters. The van der Waals surface area contributed by atoms with E-state index in [0.29, 0.717) is 0 Å². The van der Waals surface area contributed by atoms with Gasteiger partial charge in [0.2, 0.25) is 0 Å². The molecule has 0 aliphatic rings. The Morgan fingerprint density at radius 3 is 2.26 bits per heavy atom. The van der Waals surface area contributed by atoms with Crippen LogP contribution in [0.15, 0.2) is 12.2 Å². The minimum absolute atomic E-state index is 0.0151. The zero-order valence-electron chi connectivity index (χ0n) is 13.2. The fraction of sp³-hybridized carbons (Fsp3) is 0.786. The van der Waals surface area contributed by atoms with Crippen molar-refractivity contribution in [3.05, 3.63) is 12.2 Å². The van der Waals surface area contributed by atoms with Gasteiger partial charge in [0.1, 0.15) is 6.10 Å². The maximum Gasteiger partial charge on any atom is 0.338 e. The van der Waals surface area contributed by atoms with Gasteiger partial charge in [-0.3, -0.25) is 0 Å². The summed E-state index contributed by atoms with van der Waals surface area (Å²) in [6.45, 7) is 14.3. The average molecular weight is 288 g/mol. The van der Waals surface area contributed by atoms with Crippen molar-refractivity contribution < 1.29 is 19.1 Å². The molecule has 0 rings (SSSR count). The Morgan fingerprint density at radius 1 is 1.37 bits per heavy atom. The third-order valence-electron chi connectivity index (χ3n) is 3.46. The first-order chi connectivity index (χ1) is 8.56. The number of hydrogen-bond donors (Lipinski definition) is 1. The molecule has 0 aliphatic heterocycles. The van der Waals surface area contributed by atoms with E-state index in [1.807, 2.05) is 6.92 Å². The van der Waals surface area contributed by atoms with Crippen LogP contribution < -0.4 is 0 Å². The zero-order valence-corrected chi connectivity index (χ0v) is 14.2. The molecule has 0 radical (unpaired) electrons. The molecule has 0 amide bonds. The van der Waals surface area contributed by atoms with Crippen LogP contribution in [0.3, 0.4) is 0 Å². The molecule has 112 valence electrons. The Kier molecular flexibility index (Phi) is 6.97. The van der Waals surface area contributed by atoms with E-state index in [-0.39, 0.29) is 11.6 Å². The van der Waals surface area contributed by atoms with Gasteiger partial charge in [-0.05, 0) is 32.0 Å². The molecule has 19 heavy (non-hydrogen) atoms. The molecule has 0 aromatic heterocycles. The van der Waals surface area contributed by atoms with Crippen molar-refractivity contribution in [1.82, 2.24) is 0 Å². The van der Waals surface area contributed by atoms with Crippen molar-refractivity contribution in [3.63, 3.8) is 0 Å². The molecule has 0 bridgehead atoms. The van der Waals surface area contributed by atoms with Crippen molar-refractivity contribution in [1.29, 1.82) is 0 Å². The molecule has 0 aliphatic carbocycles. The van der Waals surface area contributed by atoms with Crippen LogP contribution in [0.4, 0.5) is 0 Å². The first-order valence-corrected chi connectivity index (χ1v) is 9.63. The molecule has 0 saturated carbocycles. The second kappa shape index (κ2) is 7.22. The minimum Gasteiger partial charge on any atom is -0.464 e. The van der Waals surface area contributed by atoms with E-state index in [2.05, 4.69) is 33.9 Å². The summed E-state index contributed by atoms with van der Waals surface area (Å²) < 4.78 is 10.9. The molecule has 0 saturated heterocycles. The minimum atomic E-state index is -2.06. The van der Waals surface area contributed by atoms with Crippen LogP contribution in [0, 0.1) is 0 Å². The molecule has 0 unspecified atom stereocenters. The van der Waals surface area contributed by atoms with Gasteiger partial charge in [-0.25, -0.2) is 4.79 Å². The molecular weight excluding hydrogens is 260 g/mol. The predicted molar refractivity (Wildman–Crippen MR) is 79.5 cm³/mol. The summed E-state index contributed by atoms with van der Waals surface area (Å²) in [5.41, 5.74) is 0. The van der Waals surface area contributed by atoms with Gasteiger partial charge in [0, 0.05) is 0 Å². The number of allylic oxidation sites excluding steroid dienone is 1. The van der Waals surface area contributed by atoms with E-state index < -0.39 is 26.5 Å². The highest BCUT2D eigenvalue weighted by molar-refractivity contribution is 6.74. The summed E-state index contributed by atoms with van der Waals surface area (Å²) in [7, 11) is -2.06. The van der Waals surface area contributed by atoms with Gasteiger partial charge in [0.15, 0.2) is 14.4 Å². The Bertz CT molecular complexity index is 318. The summed E-state index contributed by atoms with van der Waals surface area (Å²) in [5, 5.41) is 10.1. The molecule has 0 spiro atoms. The number of carbonyl (C=O) groups excluding carboxylic acids is 1. The van der Waals surface area contributed by atoms with Crippen LogP contribution >= 0.6 is 0 Å². The van der Waals surface area contributed by atoms with Gasteiger partial charge in [-0.15, -0.1) is 0 Å². The van der Waals surface area contributed by atoms with Crippen molar-refractivity contribution in [2.24, 2.45) is 0 Å². The Balaban J connectivity index is 4.99. The molecule has 0 aromatic carbocycles. The molecule has 5 heteroatoms. The van der Waals surface area contributed by atoms with Gasteiger partial charge in [0.05, 0.1) is 6.61 Å². The van der Waals surface area contributed by atoms with Crippen molar-refractivity contribution >= 4 is 14.3 Å². The molecule has 0 aromatic rings. The molecule has 0 heterocycles. The van der Waals surface area contributed by atoms with Crippen molar-refractivity contribution in [3.8, 4) is 0 Å². The number of esters is 1. The van der Waals surface area contributed by atoms with E-state index in [4.69, 9.17) is 9.16 Å². The smallest absolute Gasteiger partial charge is 0.338 e. The lowest BCUT2D eigenvalue weighted by Gasteiger charge is -2.39. The van der Waals surface area contributed by atoms with Crippen LogP contribution in [0.2, 0.25) is 18.1 Å². The Hall–Kier alpha value is -0.653. The van der Waals surface area contributed by atoms with E-state index >= 15 is 0 Å². The average Bonchev–Trinajstić information content (AvgIpc) is 2.26. The summed E-state index contributed by atoms with van der Waals surface area (Å²) in [6.07, 6.45) is 1.57. The van der Waals surface area contributed by atoms with Crippen LogP contribution in [0.25, 0.3) is 0 Å². The summed E-state index contributed by atoms with van der Waals surface area (Å²) >= 11 is 0. The number of aliphatic hydroxyl groups excluding tert-OH is 1. The predicted octanol–water partition coefficient (Wildman–Crippen LogP) is 2.88. The van der Waals surface area contributed by atoms with Gasteiger partial charge in [-0.2, -0.15) is 0 Å². The van der Waals surface area contributed by atoms with E-state index in [1.54, 1.807) is 19.1 Å². The normalized spacial score (nSPS) is 16.4. The standard InChI is InChI=1S/C14H28O4Si/c1-8-10-11(12(15)13(16)17-9-2)18-19(6,7)14(3,4)5/h8,10-12,15H,9H2,1-7H3/b10-8-/t11-,12-/m0/s1. The van der Waals surface area contributed by atoms with Crippen molar-refractivity contribution in [2.45, 2.75) is 65.0 Å². The highest BCUT2D eigenvalue weighted by Gasteiger charge is 2.41. The SMILES string of the molecule is C/C=C\[C@H](O[Si](C)(C)C(C)(C)C)[C@H](O)C(=O)OCC. The third kappa shape index (κ3) is 5.46. The summed E-state index contributed by atoms with van der Waals surface area (Å²) in [5.74, 6) is -0.635. The molecule has 4 nitrogen and oxygen atoms in total. The number of aliphatic hydroxyl groups is 1. The van der Waals surface area contributed by atoms with E-state index in [9.17, 15) is 9.90 Å². The van der Waals surface area contributed by atoms with Gasteiger partial charge in [-0.1, -0.05) is 32.9 Å². The van der Waals surface area contributed by atoms with E-state index in [0.717, 1.165) is 0 Å². The van der Waals surface area contributed by atoms with Crippen LogP contribution in [-0.4, -0.2) is 38.2 Å². The van der Waals surface area contributed by atoms with Crippen LogP contribution in [-0.2, 0) is 14.0 Å². The van der Waals surface area contributed by atoms with Crippen LogP contribution in [0.5, 0.6) is 0 Å². The van der Waals surface area contributed by atoms with Gasteiger partial charge in [0.25, 0.3) is 0 Å². The molecule has 0 fully saturated rings. The topological polar surface area (TPSA) is 55.8 Å². The second-order valence-corrected chi connectivity index (χ2v) is 10.8.